The summed E-state index contributed by atoms with van der Waals surface area (Å²) >= 11 is 0. The Morgan fingerprint density at radius 2 is 1.78 bits per heavy atom. The third-order valence-corrected chi connectivity index (χ3v) is 7.38. The molecule has 9 nitrogen and oxygen atoms in total. The van der Waals surface area contributed by atoms with Crippen LogP contribution in [0.3, 0.4) is 0 Å². The predicted octanol–water partition coefficient (Wildman–Crippen LogP) is 2.56. The van der Waals surface area contributed by atoms with Gasteiger partial charge < -0.3 is 10.1 Å². The van der Waals surface area contributed by atoms with Crippen molar-refractivity contribution in [3.05, 3.63) is 29.6 Å². The zero-order chi connectivity index (χ0) is 23.9. The highest BCUT2D eigenvalue weighted by Gasteiger charge is 2.27. The van der Waals surface area contributed by atoms with Crippen molar-refractivity contribution in [3.8, 4) is 0 Å². The van der Waals surface area contributed by atoms with Crippen molar-refractivity contribution in [2.75, 3.05) is 13.1 Å². The highest BCUT2D eigenvalue weighted by molar-refractivity contribution is 7.89. The van der Waals surface area contributed by atoms with Gasteiger partial charge in [0.15, 0.2) is 6.10 Å². The van der Waals surface area contributed by atoms with Gasteiger partial charge in [0.25, 0.3) is 5.91 Å². The number of hydrogen-bond acceptors (Lipinski definition) is 6. The van der Waals surface area contributed by atoms with E-state index >= 15 is 0 Å². The van der Waals surface area contributed by atoms with E-state index in [2.05, 4.69) is 10.6 Å². The zero-order valence-corrected chi connectivity index (χ0v) is 19.3. The molecule has 2 N–H and O–H groups in total. The van der Waals surface area contributed by atoms with Crippen LogP contribution in [0.5, 0.6) is 0 Å². The molecule has 1 saturated carbocycles. The van der Waals surface area contributed by atoms with Crippen molar-refractivity contribution in [2.45, 2.75) is 69.9 Å². The Morgan fingerprint density at radius 1 is 1.16 bits per heavy atom. The number of sulfonamides is 1. The predicted molar refractivity (Wildman–Crippen MR) is 115 cm³/mol. The molecule has 1 atom stereocenters. The van der Waals surface area contributed by atoms with E-state index in [0.29, 0.717) is 0 Å². The van der Waals surface area contributed by atoms with Gasteiger partial charge in [0.1, 0.15) is 5.82 Å². The summed E-state index contributed by atoms with van der Waals surface area (Å²) in [7, 11) is -3.92. The van der Waals surface area contributed by atoms with Crippen LogP contribution in [0.2, 0.25) is 0 Å². The van der Waals surface area contributed by atoms with Gasteiger partial charge in [-0.2, -0.15) is 4.31 Å². The van der Waals surface area contributed by atoms with Gasteiger partial charge in [-0.05, 0) is 38.0 Å². The maximum atomic E-state index is 14.2. The van der Waals surface area contributed by atoms with E-state index in [9.17, 15) is 27.2 Å². The van der Waals surface area contributed by atoms with Gasteiger partial charge in [-0.15, -0.1) is 0 Å². The minimum absolute atomic E-state index is 0.0148. The third kappa shape index (κ3) is 6.49. The summed E-state index contributed by atoms with van der Waals surface area (Å²) in [5.41, 5.74) is -0.621. The highest BCUT2D eigenvalue weighted by Crippen LogP contribution is 2.20. The van der Waals surface area contributed by atoms with Crippen LogP contribution in [0.1, 0.15) is 63.2 Å². The number of amides is 3. The number of ether oxygens (including phenoxy) is 1. The van der Waals surface area contributed by atoms with Gasteiger partial charge in [-0.25, -0.2) is 22.4 Å². The Kier molecular flexibility index (Phi) is 9.14. The van der Waals surface area contributed by atoms with Crippen molar-refractivity contribution in [1.82, 2.24) is 14.9 Å². The standard InChI is InChI=1S/C21H30FN3O6S/c1-4-25(5-2)32(29,30)16-11-12-18(22)17(13-16)20(27)31-14(3)19(26)24-21(28)23-15-9-7-6-8-10-15/h11-15H,4-10H2,1-3H3,(H2,23,24,26,28). The Balaban J connectivity index is 2.04. The van der Waals surface area contributed by atoms with Crippen LogP contribution in [0, 0.1) is 5.82 Å². The SMILES string of the molecule is CCN(CC)S(=O)(=O)c1ccc(F)c(C(=O)OC(C)C(=O)NC(=O)NC2CCCCC2)c1. The molecule has 1 unspecified atom stereocenters. The number of rotatable bonds is 8. The number of halogens is 1. The first-order valence-corrected chi connectivity index (χ1v) is 12.2. The van der Waals surface area contributed by atoms with Crippen molar-refractivity contribution < 1.29 is 31.9 Å². The van der Waals surface area contributed by atoms with Crippen LogP contribution in [0.25, 0.3) is 0 Å². The lowest BCUT2D eigenvalue weighted by atomic mass is 9.96. The number of hydrogen-bond donors (Lipinski definition) is 2. The first kappa shape index (κ1) is 25.7. The van der Waals surface area contributed by atoms with E-state index in [1.165, 1.54) is 6.92 Å². The van der Waals surface area contributed by atoms with E-state index in [1.54, 1.807) is 13.8 Å². The number of imide groups is 1. The van der Waals surface area contributed by atoms with E-state index in [-0.39, 0.29) is 24.0 Å². The fraction of sp³-hybridized carbons (Fsp3) is 0.571. The molecule has 0 saturated heterocycles. The van der Waals surface area contributed by atoms with Gasteiger partial charge in [-0.3, -0.25) is 10.1 Å². The minimum Gasteiger partial charge on any atom is -0.449 e. The molecule has 1 aliphatic carbocycles. The number of benzene rings is 1. The lowest BCUT2D eigenvalue weighted by Crippen LogP contribution is -2.48. The molecule has 0 aliphatic heterocycles. The molecule has 0 spiro atoms. The van der Waals surface area contributed by atoms with E-state index < -0.39 is 45.4 Å². The van der Waals surface area contributed by atoms with Gasteiger partial charge >= 0.3 is 12.0 Å². The van der Waals surface area contributed by atoms with Crippen LogP contribution in [-0.4, -0.2) is 55.9 Å². The van der Waals surface area contributed by atoms with E-state index in [0.717, 1.165) is 54.6 Å². The third-order valence-electron chi connectivity index (χ3n) is 5.33. The molecule has 3 amide bonds. The summed E-state index contributed by atoms with van der Waals surface area (Å²) in [6.45, 7) is 4.96. The summed E-state index contributed by atoms with van der Waals surface area (Å²) < 4.78 is 45.6. The average molecular weight is 472 g/mol. The van der Waals surface area contributed by atoms with Gasteiger partial charge in [-0.1, -0.05) is 33.1 Å². The molecule has 0 radical (unpaired) electrons. The number of esters is 1. The molecule has 32 heavy (non-hydrogen) atoms. The monoisotopic (exact) mass is 471 g/mol. The Labute approximate surface area is 187 Å². The van der Waals surface area contributed by atoms with Crippen molar-refractivity contribution in [1.29, 1.82) is 0 Å². The molecule has 178 valence electrons. The van der Waals surface area contributed by atoms with E-state index in [1.807, 2.05) is 0 Å². The normalized spacial score (nSPS) is 15.8. The van der Waals surface area contributed by atoms with Crippen LogP contribution in [0.15, 0.2) is 23.1 Å². The Morgan fingerprint density at radius 3 is 2.38 bits per heavy atom. The molecular formula is C21H30FN3O6S. The fourth-order valence-corrected chi connectivity index (χ4v) is 4.98. The van der Waals surface area contributed by atoms with Crippen molar-refractivity contribution in [2.24, 2.45) is 0 Å². The molecule has 0 heterocycles. The van der Waals surface area contributed by atoms with Crippen LogP contribution in [0.4, 0.5) is 9.18 Å². The zero-order valence-electron chi connectivity index (χ0n) is 18.5. The summed E-state index contributed by atoms with van der Waals surface area (Å²) in [4.78, 5) is 36.3. The topological polar surface area (TPSA) is 122 Å². The molecule has 1 aromatic rings. The smallest absolute Gasteiger partial charge is 0.341 e. The first-order chi connectivity index (χ1) is 15.1. The maximum Gasteiger partial charge on any atom is 0.341 e. The van der Waals surface area contributed by atoms with Crippen molar-refractivity contribution >= 4 is 27.9 Å². The summed E-state index contributed by atoms with van der Waals surface area (Å²) in [5.74, 6) is -3.08. The second-order valence-electron chi connectivity index (χ2n) is 7.58. The number of carbonyl (C=O) groups excluding carboxylic acids is 3. The van der Waals surface area contributed by atoms with E-state index in [4.69, 9.17) is 4.74 Å². The summed E-state index contributed by atoms with van der Waals surface area (Å²) in [5, 5.41) is 4.80. The number of nitrogens with zero attached hydrogens (tertiary/aromatic N) is 1. The molecule has 2 rings (SSSR count). The number of nitrogens with one attached hydrogen (secondary N) is 2. The maximum absolute atomic E-state index is 14.2. The Hall–Kier alpha value is -2.53. The lowest BCUT2D eigenvalue weighted by molar-refractivity contribution is -0.127. The molecule has 0 bridgehead atoms. The molecule has 1 aliphatic rings. The van der Waals surface area contributed by atoms with Crippen molar-refractivity contribution in [3.63, 3.8) is 0 Å². The quantitative estimate of drug-likeness (QED) is 0.562. The Bertz CT molecular complexity index is 943. The minimum atomic E-state index is -3.92. The highest BCUT2D eigenvalue weighted by atomic mass is 32.2. The van der Waals surface area contributed by atoms with Crippen LogP contribution < -0.4 is 10.6 Å². The number of urea groups is 1. The molecular weight excluding hydrogens is 441 g/mol. The first-order valence-electron chi connectivity index (χ1n) is 10.7. The average Bonchev–Trinajstić information content (AvgIpc) is 2.75. The molecule has 1 fully saturated rings. The lowest BCUT2D eigenvalue weighted by Gasteiger charge is -2.23. The van der Waals surface area contributed by atoms with Crippen LogP contribution in [-0.2, 0) is 19.6 Å². The van der Waals surface area contributed by atoms with Crippen LogP contribution >= 0.6 is 0 Å². The fourth-order valence-electron chi connectivity index (χ4n) is 3.49. The second kappa shape index (κ2) is 11.4. The molecule has 1 aromatic carbocycles. The largest absolute Gasteiger partial charge is 0.449 e. The van der Waals surface area contributed by atoms with Gasteiger partial charge in [0.05, 0.1) is 10.5 Å². The summed E-state index contributed by atoms with van der Waals surface area (Å²) in [6, 6.07) is 2.09. The molecule has 0 aromatic heterocycles. The summed E-state index contributed by atoms with van der Waals surface area (Å²) in [6.07, 6.45) is 3.38. The number of carbonyl (C=O) groups is 3. The molecule has 11 heteroatoms. The van der Waals surface area contributed by atoms with Gasteiger partial charge in [0.2, 0.25) is 10.0 Å². The second-order valence-corrected chi connectivity index (χ2v) is 9.51. The van der Waals surface area contributed by atoms with Gasteiger partial charge in [0, 0.05) is 19.1 Å².